The summed E-state index contributed by atoms with van der Waals surface area (Å²) in [6.45, 7) is 3.63. The Bertz CT molecular complexity index is 526. The molecule has 0 saturated heterocycles. The SMILES string of the molecule is Cc1ccccc1SCC(=O)O[C@H](C)C(=O)NC1CCCC1. The van der Waals surface area contributed by atoms with Gasteiger partial charge in [-0.1, -0.05) is 31.0 Å². The normalized spacial score (nSPS) is 16.3. The Morgan fingerprint density at radius 1 is 1.32 bits per heavy atom. The van der Waals surface area contributed by atoms with Crippen molar-refractivity contribution in [3.8, 4) is 0 Å². The fraction of sp³-hybridized carbons (Fsp3) is 0.529. The highest BCUT2D eigenvalue weighted by atomic mass is 32.2. The van der Waals surface area contributed by atoms with Crippen LogP contribution in [-0.4, -0.2) is 29.8 Å². The Kier molecular flexibility index (Phi) is 6.31. The van der Waals surface area contributed by atoms with Crippen LogP contribution in [-0.2, 0) is 14.3 Å². The minimum absolute atomic E-state index is 0.193. The summed E-state index contributed by atoms with van der Waals surface area (Å²) in [5.74, 6) is -0.338. The highest BCUT2D eigenvalue weighted by Gasteiger charge is 2.23. The number of amides is 1. The Hall–Kier alpha value is -1.49. The van der Waals surface area contributed by atoms with Gasteiger partial charge in [0.1, 0.15) is 0 Å². The Labute approximate surface area is 136 Å². The highest BCUT2D eigenvalue weighted by Crippen LogP contribution is 2.22. The van der Waals surface area contributed by atoms with E-state index in [0.717, 1.165) is 36.1 Å². The van der Waals surface area contributed by atoms with E-state index in [4.69, 9.17) is 4.74 Å². The highest BCUT2D eigenvalue weighted by molar-refractivity contribution is 8.00. The summed E-state index contributed by atoms with van der Waals surface area (Å²) >= 11 is 1.44. The molecule has 1 N–H and O–H groups in total. The van der Waals surface area contributed by atoms with Gasteiger partial charge in [0.05, 0.1) is 5.75 Å². The number of thioether (sulfide) groups is 1. The van der Waals surface area contributed by atoms with Gasteiger partial charge in [0.2, 0.25) is 0 Å². The van der Waals surface area contributed by atoms with E-state index in [-0.39, 0.29) is 23.7 Å². The molecule has 1 aromatic rings. The summed E-state index contributed by atoms with van der Waals surface area (Å²) in [4.78, 5) is 24.9. The van der Waals surface area contributed by atoms with Crippen LogP contribution in [0.1, 0.15) is 38.2 Å². The Balaban J connectivity index is 1.73. The van der Waals surface area contributed by atoms with Gasteiger partial charge in [0.15, 0.2) is 6.10 Å². The smallest absolute Gasteiger partial charge is 0.317 e. The van der Waals surface area contributed by atoms with Crippen LogP contribution in [0.25, 0.3) is 0 Å². The first kappa shape index (κ1) is 16.9. The number of benzene rings is 1. The lowest BCUT2D eigenvalue weighted by atomic mass is 10.2. The largest absolute Gasteiger partial charge is 0.452 e. The van der Waals surface area contributed by atoms with E-state index in [9.17, 15) is 9.59 Å². The molecule has 5 heteroatoms. The van der Waals surface area contributed by atoms with Gasteiger partial charge in [-0.3, -0.25) is 9.59 Å². The van der Waals surface area contributed by atoms with Crippen molar-refractivity contribution in [2.75, 3.05) is 5.75 Å². The monoisotopic (exact) mass is 321 g/mol. The number of rotatable bonds is 6. The van der Waals surface area contributed by atoms with E-state index in [1.807, 2.05) is 31.2 Å². The third kappa shape index (κ3) is 5.05. The topological polar surface area (TPSA) is 55.4 Å². The van der Waals surface area contributed by atoms with Crippen LogP contribution in [0.5, 0.6) is 0 Å². The van der Waals surface area contributed by atoms with Crippen molar-refractivity contribution in [3.63, 3.8) is 0 Å². The standard InChI is InChI=1S/C17H23NO3S/c1-12-7-3-6-10-15(12)22-11-16(19)21-13(2)17(20)18-14-8-4-5-9-14/h3,6-7,10,13-14H,4-5,8-9,11H2,1-2H3,(H,18,20)/t13-/m1/s1. The molecule has 4 nitrogen and oxygen atoms in total. The minimum Gasteiger partial charge on any atom is -0.452 e. The van der Waals surface area contributed by atoms with Crippen LogP contribution in [0, 0.1) is 6.92 Å². The first-order valence-electron chi connectivity index (χ1n) is 7.74. The van der Waals surface area contributed by atoms with E-state index >= 15 is 0 Å². The molecule has 0 radical (unpaired) electrons. The number of ether oxygens (including phenoxy) is 1. The van der Waals surface area contributed by atoms with Crippen LogP contribution >= 0.6 is 11.8 Å². The molecule has 0 unspecified atom stereocenters. The maximum absolute atomic E-state index is 12.0. The summed E-state index contributed by atoms with van der Waals surface area (Å²) < 4.78 is 5.21. The fourth-order valence-electron chi connectivity index (χ4n) is 2.53. The van der Waals surface area contributed by atoms with Crippen LogP contribution in [0.4, 0.5) is 0 Å². The zero-order valence-electron chi connectivity index (χ0n) is 13.1. The van der Waals surface area contributed by atoms with Crippen molar-refractivity contribution >= 4 is 23.6 Å². The molecular formula is C17H23NO3S. The number of hydrogen-bond donors (Lipinski definition) is 1. The molecular weight excluding hydrogens is 298 g/mol. The van der Waals surface area contributed by atoms with Gasteiger partial charge in [-0.25, -0.2) is 0 Å². The third-order valence-electron chi connectivity index (χ3n) is 3.82. The number of nitrogens with one attached hydrogen (secondary N) is 1. The lowest BCUT2D eigenvalue weighted by Crippen LogP contribution is -2.41. The summed E-state index contributed by atoms with van der Waals surface area (Å²) in [7, 11) is 0. The quantitative estimate of drug-likeness (QED) is 0.646. The van der Waals surface area contributed by atoms with E-state index in [1.165, 1.54) is 11.8 Å². The summed E-state index contributed by atoms with van der Waals surface area (Å²) in [5.41, 5.74) is 1.13. The van der Waals surface area contributed by atoms with Crippen molar-refractivity contribution < 1.29 is 14.3 Å². The van der Waals surface area contributed by atoms with Gasteiger partial charge in [-0.2, -0.15) is 0 Å². The molecule has 1 aliphatic carbocycles. The van der Waals surface area contributed by atoms with E-state index < -0.39 is 6.10 Å². The zero-order chi connectivity index (χ0) is 15.9. The van der Waals surface area contributed by atoms with E-state index in [1.54, 1.807) is 6.92 Å². The summed E-state index contributed by atoms with van der Waals surface area (Å²) in [5, 5.41) is 2.94. The van der Waals surface area contributed by atoms with Gasteiger partial charge >= 0.3 is 5.97 Å². The molecule has 1 atom stereocenters. The average Bonchev–Trinajstić information content (AvgIpc) is 2.99. The first-order chi connectivity index (χ1) is 10.6. The number of aryl methyl sites for hydroxylation is 1. The molecule has 0 spiro atoms. The number of esters is 1. The molecule has 1 fully saturated rings. The summed E-state index contributed by atoms with van der Waals surface area (Å²) in [6, 6.07) is 8.13. The van der Waals surface area contributed by atoms with Crippen molar-refractivity contribution in [3.05, 3.63) is 29.8 Å². The lowest BCUT2D eigenvalue weighted by Gasteiger charge is -2.17. The number of carbonyl (C=O) groups is 2. The van der Waals surface area contributed by atoms with Gasteiger partial charge in [-0.05, 0) is 38.3 Å². The predicted octanol–water partition coefficient (Wildman–Crippen LogP) is 3.08. The van der Waals surface area contributed by atoms with E-state index in [0.29, 0.717) is 0 Å². The van der Waals surface area contributed by atoms with Crippen molar-refractivity contribution in [2.24, 2.45) is 0 Å². The molecule has 1 saturated carbocycles. The molecule has 0 heterocycles. The second-order valence-electron chi connectivity index (χ2n) is 5.68. The van der Waals surface area contributed by atoms with Crippen LogP contribution < -0.4 is 5.32 Å². The maximum Gasteiger partial charge on any atom is 0.317 e. The summed E-state index contributed by atoms with van der Waals surface area (Å²) in [6.07, 6.45) is 3.63. The molecule has 0 bridgehead atoms. The minimum atomic E-state index is -0.731. The van der Waals surface area contributed by atoms with Crippen molar-refractivity contribution in [1.82, 2.24) is 5.32 Å². The molecule has 1 aromatic carbocycles. The molecule has 22 heavy (non-hydrogen) atoms. The van der Waals surface area contributed by atoms with Gasteiger partial charge in [0.25, 0.3) is 5.91 Å². The van der Waals surface area contributed by atoms with E-state index in [2.05, 4.69) is 5.32 Å². The molecule has 1 aliphatic rings. The average molecular weight is 321 g/mol. The molecule has 120 valence electrons. The van der Waals surface area contributed by atoms with Crippen LogP contribution in [0.3, 0.4) is 0 Å². The molecule has 0 aromatic heterocycles. The van der Waals surface area contributed by atoms with Crippen LogP contribution in [0.15, 0.2) is 29.2 Å². The number of hydrogen-bond acceptors (Lipinski definition) is 4. The first-order valence-corrected chi connectivity index (χ1v) is 8.73. The Morgan fingerprint density at radius 3 is 2.68 bits per heavy atom. The predicted molar refractivity (Wildman–Crippen MR) is 87.9 cm³/mol. The third-order valence-corrected chi connectivity index (χ3v) is 4.97. The Morgan fingerprint density at radius 2 is 2.00 bits per heavy atom. The van der Waals surface area contributed by atoms with Crippen LogP contribution in [0.2, 0.25) is 0 Å². The zero-order valence-corrected chi connectivity index (χ0v) is 13.9. The van der Waals surface area contributed by atoms with Crippen molar-refractivity contribution in [2.45, 2.75) is 56.6 Å². The molecule has 2 rings (SSSR count). The van der Waals surface area contributed by atoms with Gasteiger partial charge in [0, 0.05) is 10.9 Å². The lowest BCUT2D eigenvalue weighted by molar-refractivity contribution is -0.152. The fourth-order valence-corrected chi connectivity index (χ4v) is 3.34. The van der Waals surface area contributed by atoms with Gasteiger partial charge < -0.3 is 10.1 Å². The number of carbonyl (C=O) groups excluding carboxylic acids is 2. The maximum atomic E-state index is 12.0. The van der Waals surface area contributed by atoms with Crippen molar-refractivity contribution in [1.29, 1.82) is 0 Å². The molecule has 1 amide bonds. The molecule has 0 aliphatic heterocycles. The second kappa shape index (κ2) is 8.22. The van der Waals surface area contributed by atoms with Gasteiger partial charge in [-0.15, -0.1) is 11.8 Å². The second-order valence-corrected chi connectivity index (χ2v) is 6.69.